The highest BCUT2D eigenvalue weighted by Gasteiger charge is 2.52. The lowest BCUT2D eigenvalue weighted by Gasteiger charge is -2.47. The zero-order chi connectivity index (χ0) is 37.1. The molecule has 3 atom stereocenters. The summed E-state index contributed by atoms with van der Waals surface area (Å²) in [6.07, 6.45) is 6.67. The average molecular weight is 721 g/mol. The van der Waals surface area contributed by atoms with Crippen LogP contribution < -0.4 is 20.9 Å². The molecule has 7 aromatic rings. The predicted octanol–water partition coefficient (Wildman–Crippen LogP) is 11.2. The second-order valence-electron chi connectivity index (χ2n) is 15.0. The van der Waals surface area contributed by atoms with E-state index >= 15 is 0 Å². The van der Waals surface area contributed by atoms with Crippen molar-refractivity contribution in [1.82, 2.24) is 16.0 Å². The van der Waals surface area contributed by atoms with E-state index in [2.05, 4.69) is 221 Å². The number of fused-ring (bicyclic) bond motifs is 8. The third-order valence-corrected chi connectivity index (χ3v) is 12.0. The summed E-state index contributed by atoms with van der Waals surface area (Å²) in [4.78, 5) is 2.45. The summed E-state index contributed by atoms with van der Waals surface area (Å²) < 4.78 is 0. The molecule has 3 unspecified atom stereocenters. The van der Waals surface area contributed by atoms with Crippen molar-refractivity contribution < 1.29 is 0 Å². The van der Waals surface area contributed by atoms with E-state index in [-0.39, 0.29) is 12.2 Å². The molecular formula is C52H40N4. The molecule has 11 rings (SSSR count). The molecule has 0 amide bonds. The second-order valence-corrected chi connectivity index (χ2v) is 15.0. The van der Waals surface area contributed by atoms with E-state index in [9.17, 15) is 0 Å². The Morgan fingerprint density at radius 1 is 0.536 bits per heavy atom. The average Bonchev–Trinajstić information content (AvgIpc) is 3.57. The molecule has 0 saturated heterocycles. The van der Waals surface area contributed by atoms with Crippen molar-refractivity contribution in [3.05, 3.63) is 245 Å². The molecule has 0 fully saturated rings. The van der Waals surface area contributed by atoms with Crippen molar-refractivity contribution >= 4 is 17.1 Å². The van der Waals surface area contributed by atoms with E-state index in [1.807, 2.05) is 0 Å². The first-order valence-electron chi connectivity index (χ1n) is 19.6. The number of hydrogen-bond acceptors (Lipinski definition) is 4. The van der Waals surface area contributed by atoms with E-state index in [0.29, 0.717) is 0 Å². The summed E-state index contributed by atoms with van der Waals surface area (Å²) in [7, 11) is 0. The van der Waals surface area contributed by atoms with Crippen LogP contribution in [0.2, 0.25) is 0 Å². The van der Waals surface area contributed by atoms with Gasteiger partial charge in [0.15, 0.2) is 0 Å². The van der Waals surface area contributed by atoms with E-state index in [1.54, 1.807) is 0 Å². The maximum Gasteiger partial charge on any atom is 0.104 e. The highest BCUT2D eigenvalue weighted by atomic mass is 15.2. The summed E-state index contributed by atoms with van der Waals surface area (Å²) in [6.45, 7) is 0.746. The summed E-state index contributed by atoms with van der Waals surface area (Å²) in [5, 5.41) is 11.3. The van der Waals surface area contributed by atoms with Gasteiger partial charge < -0.3 is 15.5 Å². The lowest BCUT2D eigenvalue weighted by molar-refractivity contribution is 0.442. The van der Waals surface area contributed by atoms with Crippen LogP contribution in [-0.2, 0) is 5.41 Å². The Bertz CT molecular complexity index is 2710. The number of benzene rings is 7. The fraction of sp³-hybridized carbons (Fsp3) is 0.0769. The zero-order valence-electron chi connectivity index (χ0n) is 30.9. The van der Waals surface area contributed by atoms with E-state index in [4.69, 9.17) is 0 Å². The van der Waals surface area contributed by atoms with Gasteiger partial charge in [-0.3, -0.25) is 5.32 Å². The van der Waals surface area contributed by atoms with Crippen molar-refractivity contribution in [3.63, 3.8) is 0 Å². The van der Waals surface area contributed by atoms with Gasteiger partial charge >= 0.3 is 0 Å². The molecule has 7 aromatic carbocycles. The molecule has 0 bridgehead atoms. The van der Waals surface area contributed by atoms with Crippen LogP contribution >= 0.6 is 0 Å². The van der Waals surface area contributed by atoms with Gasteiger partial charge in [-0.1, -0.05) is 152 Å². The predicted molar refractivity (Wildman–Crippen MR) is 229 cm³/mol. The van der Waals surface area contributed by atoms with Crippen LogP contribution in [0.3, 0.4) is 0 Å². The van der Waals surface area contributed by atoms with Crippen molar-refractivity contribution in [2.45, 2.75) is 17.6 Å². The Labute approximate surface area is 328 Å². The first-order chi connectivity index (χ1) is 27.8. The van der Waals surface area contributed by atoms with Crippen molar-refractivity contribution in [2.24, 2.45) is 0 Å². The normalized spacial score (nSPS) is 20.3. The lowest BCUT2D eigenvalue weighted by Crippen LogP contribution is -2.43. The molecule has 3 aliphatic heterocycles. The van der Waals surface area contributed by atoms with Gasteiger partial charge in [0, 0.05) is 17.9 Å². The number of allylic oxidation sites excluding steroid dienone is 1. The molecule has 4 aliphatic rings. The minimum Gasteiger partial charge on any atom is -0.387 e. The van der Waals surface area contributed by atoms with Gasteiger partial charge in [0.05, 0.1) is 22.8 Å². The number of nitrogens with zero attached hydrogens (tertiary/aromatic N) is 1. The van der Waals surface area contributed by atoms with Gasteiger partial charge in [-0.2, -0.15) is 0 Å². The first-order valence-corrected chi connectivity index (χ1v) is 19.6. The van der Waals surface area contributed by atoms with Crippen molar-refractivity contribution in [2.75, 3.05) is 11.4 Å². The van der Waals surface area contributed by atoms with E-state index < -0.39 is 5.41 Å². The van der Waals surface area contributed by atoms with Gasteiger partial charge in [-0.05, 0) is 110 Å². The third kappa shape index (κ3) is 5.03. The zero-order valence-corrected chi connectivity index (χ0v) is 30.9. The van der Waals surface area contributed by atoms with Gasteiger partial charge in [0.2, 0.25) is 0 Å². The second kappa shape index (κ2) is 13.2. The molecule has 3 N–H and O–H groups in total. The largest absolute Gasteiger partial charge is 0.387 e. The van der Waals surface area contributed by atoms with Gasteiger partial charge in [0.1, 0.15) is 6.17 Å². The fourth-order valence-corrected chi connectivity index (χ4v) is 9.60. The molecule has 268 valence electrons. The maximum atomic E-state index is 3.85. The topological polar surface area (TPSA) is 39.3 Å². The Hall–Kier alpha value is -6.88. The molecule has 3 heterocycles. The standard InChI is InChI=1S/C52H40N4/c1-4-15-35(16-5-1)47-33-48(55-51(54-47)36-17-6-2-7-18-36)39-20-14-19-37(31-39)38-27-28-42-41-23-10-11-24-43(41)52(45(42)32-38)44-25-12-13-26-49(44)56(40-21-8-3-9-22-40)50-29-30-53-34-46(50)52/h1-33,47,51,53-55H,34H2. The van der Waals surface area contributed by atoms with Crippen molar-refractivity contribution in [3.8, 4) is 22.3 Å². The Morgan fingerprint density at radius 2 is 1.20 bits per heavy atom. The molecular weight excluding hydrogens is 681 g/mol. The SMILES string of the molecule is C1=CC2=C(CN1)C1(c3ccccc3-c3ccc(-c4cccc(C5=CC(c6ccccc6)NC(c6ccccc6)N5)c4)cc31)c1ccccc1N2c1ccccc1. The molecule has 1 aliphatic carbocycles. The van der Waals surface area contributed by atoms with E-state index in [1.165, 1.54) is 67.0 Å². The molecule has 56 heavy (non-hydrogen) atoms. The number of dihydropyridines is 1. The van der Waals surface area contributed by atoms with E-state index in [0.717, 1.165) is 23.5 Å². The molecule has 0 aromatic heterocycles. The minimum absolute atomic E-state index is 0.0362. The third-order valence-electron chi connectivity index (χ3n) is 12.0. The molecule has 4 nitrogen and oxygen atoms in total. The quantitative estimate of drug-likeness (QED) is 0.166. The summed E-state index contributed by atoms with van der Waals surface area (Å²) >= 11 is 0. The van der Waals surface area contributed by atoms with Gasteiger partial charge in [-0.25, -0.2) is 0 Å². The lowest BCUT2D eigenvalue weighted by atomic mass is 9.63. The molecule has 0 saturated carbocycles. The fourth-order valence-electron chi connectivity index (χ4n) is 9.60. The van der Waals surface area contributed by atoms with Crippen LogP contribution in [0.25, 0.3) is 28.0 Å². The van der Waals surface area contributed by atoms with Crippen molar-refractivity contribution in [1.29, 1.82) is 0 Å². The number of rotatable bonds is 5. The Morgan fingerprint density at radius 3 is 2.02 bits per heavy atom. The molecule has 0 radical (unpaired) electrons. The number of anilines is 2. The highest BCUT2D eigenvalue weighted by molar-refractivity contribution is 5.93. The van der Waals surface area contributed by atoms with Gasteiger partial charge in [0.25, 0.3) is 0 Å². The minimum atomic E-state index is -0.473. The van der Waals surface area contributed by atoms with Crippen LogP contribution in [0.15, 0.2) is 212 Å². The molecule has 4 heteroatoms. The van der Waals surface area contributed by atoms with Crippen LogP contribution in [0.4, 0.5) is 11.4 Å². The van der Waals surface area contributed by atoms with Crippen LogP contribution in [0.1, 0.15) is 45.6 Å². The number of para-hydroxylation sites is 2. The maximum absolute atomic E-state index is 3.85. The summed E-state index contributed by atoms with van der Waals surface area (Å²) in [6, 6.07) is 66.5. The number of nitrogens with one attached hydrogen (secondary N) is 3. The molecule has 1 spiro atoms. The Balaban J connectivity index is 1.07. The summed E-state index contributed by atoms with van der Waals surface area (Å²) in [5.41, 5.74) is 18.2. The monoisotopic (exact) mass is 720 g/mol. The van der Waals surface area contributed by atoms with Gasteiger partial charge in [-0.15, -0.1) is 0 Å². The van der Waals surface area contributed by atoms with Crippen LogP contribution in [-0.4, -0.2) is 6.54 Å². The van der Waals surface area contributed by atoms with Crippen LogP contribution in [0.5, 0.6) is 0 Å². The first kappa shape index (κ1) is 32.5. The summed E-state index contributed by atoms with van der Waals surface area (Å²) in [5.74, 6) is 0. The van der Waals surface area contributed by atoms with Crippen LogP contribution in [0, 0.1) is 0 Å². The highest BCUT2D eigenvalue weighted by Crippen LogP contribution is 2.62. The smallest absolute Gasteiger partial charge is 0.104 e. The number of hydrogen-bond donors (Lipinski definition) is 3. The Kier molecular flexibility index (Phi) is 7.64.